The molecule has 2 aromatic carbocycles. The molecule has 0 spiro atoms. The Morgan fingerprint density at radius 2 is 1.64 bits per heavy atom. The number of fused-ring (bicyclic) bond motifs is 2. The number of anilines is 1. The third kappa shape index (κ3) is 3.61. The normalized spacial score (nSPS) is 21.6. The average Bonchev–Trinajstić information content (AvgIpc) is 3.26. The molecule has 3 atom stereocenters. The number of para-hydroxylation sites is 1. The maximum Gasteiger partial charge on any atom is 0.326 e. The Bertz CT molecular complexity index is 1290. The van der Waals surface area contributed by atoms with Gasteiger partial charge in [-0.1, -0.05) is 71.6 Å². The third-order valence-electron chi connectivity index (χ3n) is 5.81. The minimum Gasteiger partial charge on any atom is -0.465 e. The van der Waals surface area contributed by atoms with Crippen molar-refractivity contribution in [2.24, 2.45) is 5.92 Å². The maximum atomic E-state index is 13.6. The molecule has 2 aliphatic rings. The number of rotatable bonds is 5. The van der Waals surface area contributed by atoms with E-state index in [-0.39, 0.29) is 29.8 Å². The number of thiazole rings is 1. The molecule has 0 N–H and O–H groups in total. The predicted molar refractivity (Wildman–Crippen MR) is 126 cm³/mol. The fourth-order valence-electron chi connectivity index (χ4n) is 4.44. The SMILES string of the molecule is CCOC(=O)Cn1c2c(sc1=O)[C@@H](c1ccccc1)[C@@H]1C(=O)N(c3ccccc3)C(=O)[C@@H]1S2. The van der Waals surface area contributed by atoms with Gasteiger partial charge in [0.2, 0.25) is 11.8 Å². The lowest BCUT2D eigenvalue weighted by Crippen LogP contribution is -2.32. The summed E-state index contributed by atoms with van der Waals surface area (Å²) in [5, 5.41) is -0.137. The summed E-state index contributed by atoms with van der Waals surface area (Å²) < 4.78 is 6.41. The molecule has 0 bridgehead atoms. The maximum absolute atomic E-state index is 13.6. The van der Waals surface area contributed by atoms with Crippen molar-refractivity contribution in [2.45, 2.75) is 29.7 Å². The van der Waals surface area contributed by atoms with E-state index in [9.17, 15) is 19.2 Å². The largest absolute Gasteiger partial charge is 0.465 e. The van der Waals surface area contributed by atoms with E-state index in [2.05, 4.69) is 0 Å². The van der Waals surface area contributed by atoms with Crippen molar-refractivity contribution < 1.29 is 19.1 Å². The summed E-state index contributed by atoms with van der Waals surface area (Å²) >= 11 is 2.22. The first kappa shape index (κ1) is 21.7. The smallest absolute Gasteiger partial charge is 0.326 e. The zero-order valence-electron chi connectivity index (χ0n) is 17.7. The first-order valence-corrected chi connectivity index (χ1v) is 12.2. The van der Waals surface area contributed by atoms with Crippen molar-refractivity contribution in [1.82, 2.24) is 4.57 Å². The van der Waals surface area contributed by atoms with E-state index in [0.29, 0.717) is 15.6 Å². The van der Waals surface area contributed by atoms with Crippen LogP contribution in [0.3, 0.4) is 0 Å². The molecule has 33 heavy (non-hydrogen) atoms. The Morgan fingerprint density at radius 1 is 0.970 bits per heavy atom. The van der Waals surface area contributed by atoms with Crippen LogP contribution >= 0.6 is 23.1 Å². The van der Waals surface area contributed by atoms with Crippen molar-refractivity contribution in [3.8, 4) is 0 Å². The Balaban J connectivity index is 1.64. The highest BCUT2D eigenvalue weighted by molar-refractivity contribution is 8.00. The lowest BCUT2D eigenvalue weighted by molar-refractivity contribution is -0.144. The minimum atomic E-state index is -0.696. The Labute approximate surface area is 198 Å². The van der Waals surface area contributed by atoms with Crippen LogP contribution in [0, 0.1) is 5.92 Å². The van der Waals surface area contributed by atoms with Gasteiger partial charge in [-0.25, -0.2) is 4.90 Å². The second-order valence-electron chi connectivity index (χ2n) is 7.73. The highest BCUT2D eigenvalue weighted by Crippen LogP contribution is 2.53. The van der Waals surface area contributed by atoms with Gasteiger partial charge in [-0.2, -0.15) is 0 Å². The van der Waals surface area contributed by atoms with E-state index < -0.39 is 23.1 Å². The van der Waals surface area contributed by atoms with Crippen LogP contribution in [0.4, 0.5) is 5.69 Å². The summed E-state index contributed by atoms with van der Waals surface area (Å²) in [6.07, 6.45) is 0. The molecule has 3 heterocycles. The molecule has 0 saturated carbocycles. The van der Waals surface area contributed by atoms with Gasteiger partial charge >= 0.3 is 10.8 Å². The number of benzene rings is 2. The molecular formula is C24H20N2O5S2. The summed E-state index contributed by atoms with van der Waals surface area (Å²) in [7, 11) is 0. The summed E-state index contributed by atoms with van der Waals surface area (Å²) in [6.45, 7) is 1.69. The van der Waals surface area contributed by atoms with E-state index in [1.165, 1.54) is 21.2 Å². The molecule has 1 saturated heterocycles. The summed E-state index contributed by atoms with van der Waals surface area (Å²) in [5.74, 6) is -2.21. The van der Waals surface area contributed by atoms with Crippen LogP contribution in [0.5, 0.6) is 0 Å². The summed E-state index contributed by atoms with van der Waals surface area (Å²) in [4.78, 5) is 53.8. The molecule has 1 fully saturated rings. The van der Waals surface area contributed by atoms with Crippen LogP contribution in [0.1, 0.15) is 23.3 Å². The number of ether oxygens (including phenoxy) is 1. The van der Waals surface area contributed by atoms with E-state index in [1.807, 2.05) is 36.4 Å². The average molecular weight is 481 g/mol. The quantitative estimate of drug-likeness (QED) is 0.412. The van der Waals surface area contributed by atoms with Gasteiger partial charge in [-0.05, 0) is 24.6 Å². The van der Waals surface area contributed by atoms with Gasteiger partial charge in [-0.15, -0.1) is 0 Å². The van der Waals surface area contributed by atoms with E-state index >= 15 is 0 Å². The van der Waals surface area contributed by atoms with Crippen molar-refractivity contribution in [2.75, 3.05) is 11.5 Å². The molecule has 2 aliphatic heterocycles. The predicted octanol–water partition coefficient (Wildman–Crippen LogP) is 3.27. The zero-order chi connectivity index (χ0) is 23.1. The Hall–Kier alpha value is -3.17. The molecule has 1 aromatic heterocycles. The molecule has 168 valence electrons. The zero-order valence-corrected chi connectivity index (χ0v) is 19.3. The van der Waals surface area contributed by atoms with Crippen LogP contribution in [0.25, 0.3) is 0 Å². The molecule has 7 nitrogen and oxygen atoms in total. The highest BCUT2D eigenvalue weighted by Gasteiger charge is 2.56. The summed E-state index contributed by atoms with van der Waals surface area (Å²) in [6, 6.07) is 18.3. The number of hydrogen-bond donors (Lipinski definition) is 0. The first-order valence-electron chi connectivity index (χ1n) is 10.5. The molecule has 3 aromatic rings. The van der Waals surface area contributed by atoms with Gasteiger partial charge < -0.3 is 4.74 Å². The summed E-state index contributed by atoms with van der Waals surface area (Å²) in [5.41, 5.74) is 1.39. The number of esters is 1. The topological polar surface area (TPSA) is 85.7 Å². The van der Waals surface area contributed by atoms with Crippen LogP contribution in [-0.2, 0) is 25.7 Å². The number of imide groups is 1. The van der Waals surface area contributed by atoms with E-state index in [1.54, 1.807) is 31.2 Å². The molecular weight excluding hydrogens is 460 g/mol. The molecule has 5 rings (SSSR count). The van der Waals surface area contributed by atoms with Crippen LogP contribution in [0.15, 0.2) is 70.5 Å². The number of nitrogens with zero attached hydrogens (tertiary/aromatic N) is 2. The molecule has 9 heteroatoms. The first-order chi connectivity index (χ1) is 16.0. The molecule has 0 aliphatic carbocycles. The van der Waals surface area contributed by atoms with Gasteiger partial charge in [-0.3, -0.25) is 23.7 Å². The number of amides is 2. The van der Waals surface area contributed by atoms with E-state index in [0.717, 1.165) is 16.9 Å². The lowest BCUT2D eigenvalue weighted by Gasteiger charge is -2.30. The van der Waals surface area contributed by atoms with Gasteiger partial charge in [0.25, 0.3) is 0 Å². The van der Waals surface area contributed by atoms with Crippen LogP contribution < -0.4 is 9.77 Å². The number of hydrogen-bond acceptors (Lipinski definition) is 7. The molecule has 2 amide bonds. The van der Waals surface area contributed by atoms with Crippen molar-refractivity contribution in [3.05, 3.63) is 80.8 Å². The number of thioether (sulfide) groups is 1. The lowest BCUT2D eigenvalue weighted by atomic mass is 9.83. The van der Waals surface area contributed by atoms with E-state index in [4.69, 9.17) is 4.74 Å². The second kappa shape index (κ2) is 8.64. The van der Waals surface area contributed by atoms with Crippen molar-refractivity contribution in [3.63, 3.8) is 0 Å². The second-order valence-corrected chi connectivity index (χ2v) is 9.85. The molecule has 0 radical (unpaired) electrons. The van der Waals surface area contributed by atoms with Crippen molar-refractivity contribution in [1.29, 1.82) is 0 Å². The van der Waals surface area contributed by atoms with Crippen molar-refractivity contribution >= 4 is 46.6 Å². The highest BCUT2D eigenvalue weighted by atomic mass is 32.2. The Kier molecular flexibility index (Phi) is 5.67. The fraction of sp³-hybridized carbons (Fsp3) is 0.250. The number of aromatic nitrogens is 1. The van der Waals surface area contributed by atoms with Gasteiger partial charge in [0.15, 0.2) is 0 Å². The third-order valence-corrected chi connectivity index (χ3v) is 8.42. The van der Waals surface area contributed by atoms with Gasteiger partial charge in [0.1, 0.15) is 11.8 Å². The standard InChI is InChI=1S/C24H20N2O5S2/c1-2-31-16(27)13-25-23-20(33-24(25)30)17(14-9-5-3-6-10-14)18-19(32-23)22(29)26(21(18)28)15-11-7-4-8-12-15/h3-12,17-19H,2,13H2,1H3/t17-,18-,19+/m0/s1. The number of carbonyl (C=O) groups is 3. The van der Waals surface area contributed by atoms with Gasteiger partial charge in [0, 0.05) is 10.8 Å². The monoisotopic (exact) mass is 480 g/mol. The van der Waals surface area contributed by atoms with Crippen LogP contribution in [0.2, 0.25) is 0 Å². The van der Waals surface area contributed by atoms with Gasteiger partial charge in [0.05, 0.1) is 23.2 Å². The molecule has 0 unspecified atom stereocenters. The number of carbonyl (C=O) groups excluding carboxylic acids is 3. The fourth-order valence-corrected chi connectivity index (χ4v) is 7.22. The Morgan fingerprint density at radius 3 is 2.30 bits per heavy atom. The van der Waals surface area contributed by atoms with Crippen LogP contribution in [-0.4, -0.2) is 34.2 Å². The minimum absolute atomic E-state index is 0.212.